The van der Waals surface area contributed by atoms with Crippen LogP contribution in [0.4, 0.5) is 0 Å². The molecule has 0 saturated heterocycles. The van der Waals surface area contributed by atoms with E-state index >= 15 is 0 Å². The molecule has 77 heavy (non-hydrogen) atoms. The van der Waals surface area contributed by atoms with E-state index in [1.807, 2.05) is 21.1 Å². The smallest absolute Gasteiger partial charge is 0.462 e. The third kappa shape index (κ3) is 62.0. The number of rotatable bonds is 57. The van der Waals surface area contributed by atoms with Crippen LogP contribution in [-0.4, -0.2) is 74.9 Å². The fourth-order valence-corrected chi connectivity index (χ4v) is 9.30. The first kappa shape index (κ1) is 73.9. The van der Waals surface area contributed by atoms with Crippen molar-refractivity contribution >= 4 is 19.8 Å². The highest BCUT2D eigenvalue weighted by molar-refractivity contribution is 7.47. The highest BCUT2D eigenvalue weighted by Crippen LogP contribution is 2.43. The summed E-state index contributed by atoms with van der Waals surface area (Å²) in [6.07, 6.45) is 79.3. The van der Waals surface area contributed by atoms with E-state index in [1.54, 1.807) is 0 Å². The molecule has 444 valence electrons. The maximum absolute atomic E-state index is 12.8. The Balaban J connectivity index is 4.21. The number of allylic oxidation sites excluding steroid dienone is 16. The third-order valence-electron chi connectivity index (χ3n) is 13.4. The van der Waals surface area contributed by atoms with Gasteiger partial charge in [0.15, 0.2) is 6.10 Å². The van der Waals surface area contributed by atoms with Crippen LogP contribution < -0.4 is 0 Å². The lowest BCUT2D eigenvalue weighted by atomic mass is 10.0. The zero-order valence-corrected chi connectivity index (χ0v) is 51.3. The zero-order valence-electron chi connectivity index (χ0n) is 50.4. The van der Waals surface area contributed by atoms with Gasteiger partial charge in [0.25, 0.3) is 0 Å². The molecular formula is C67H119NO8P+. The summed E-state index contributed by atoms with van der Waals surface area (Å²) >= 11 is 0. The predicted molar refractivity (Wildman–Crippen MR) is 330 cm³/mol. The molecule has 0 fully saturated rings. The van der Waals surface area contributed by atoms with Crippen LogP contribution in [0.3, 0.4) is 0 Å². The first-order chi connectivity index (χ1) is 37.5. The van der Waals surface area contributed by atoms with Gasteiger partial charge in [-0.25, -0.2) is 4.57 Å². The molecule has 0 aliphatic heterocycles. The van der Waals surface area contributed by atoms with Crippen molar-refractivity contribution in [2.45, 2.75) is 270 Å². The second kappa shape index (κ2) is 57.6. The Morgan fingerprint density at radius 2 is 0.740 bits per heavy atom. The van der Waals surface area contributed by atoms with E-state index < -0.39 is 26.5 Å². The SMILES string of the molecule is CC/C=C\C/C=C\C/C=C\C/C=C\C/C=C\C/C=C\C/C=C\C/C=C\CCCCC(=O)OC(COC(=O)CCCCCCCCCCCCCCCCCCCCCCCCCCCC)COP(=O)(O)OCC[N+](C)(C)C. The van der Waals surface area contributed by atoms with Crippen LogP contribution in [0.5, 0.6) is 0 Å². The molecular weight excluding hydrogens is 978 g/mol. The van der Waals surface area contributed by atoms with Crippen LogP contribution in [0.25, 0.3) is 0 Å². The van der Waals surface area contributed by atoms with Gasteiger partial charge in [0, 0.05) is 12.8 Å². The molecule has 0 rings (SSSR count). The Labute approximate surface area is 474 Å². The summed E-state index contributed by atoms with van der Waals surface area (Å²) < 4.78 is 34.6. The van der Waals surface area contributed by atoms with Gasteiger partial charge in [0.2, 0.25) is 0 Å². The van der Waals surface area contributed by atoms with Gasteiger partial charge in [-0.05, 0) is 77.0 Å². The third-order valence-corrected chi connectivity index (χ3v) is 14.4. The number of likely N-dealkylation sites (N-methyl/N-ethyl adjacent to an activating group) is 1. The van der Waals surface area contributed by atoms with Gasteiger partial charge < -0.3 is 18.9 Å². The van der Waals surface area contributed by atoms with Crippen molar-refractivity contribution in [2.24, 2.45) is 0 Å². The molecule has 2 atom stereocenters. The Bertz CT molecular complexity index is 1620. The number of phosphoric ester groups is 1. The number of hydrogen-bond donors (Lipinski definition) is 1. The predicted octanol–water partition coefficient (Wildman–Crippen LogP) is 20.0. The summed E-state index contributed by atoms with van der Waals surface area (Å²) in [5.41, 5.74) is 0. The monoisotopic (exact) mass is 1100 g/mol. The summed E-state index contributed by atoms with van der Waals surface area (Å²) in [4.78, 5) is 35.7. The van der Waals surface area contributed by atoms with Crippen molar-refractivity contribution in [2.75, 3.05) is 47.5 Å². The number of nitrogens with zero attached hydrogens (tertiary/aromatic N) is 1. The summed E-state index contributed by atoms with van der Waals surface area (Å²) in [5.74, 6) is -0.845. The van der Waals surface area contributed by atoms with Crippen LogP contribution >= 0.6 is 7.82 Å². The zero-order chi connectivity index (χ0) is 56.3. The number of esters is 2. The van der Waals surface area contributed by atoms with Gasteiger partial charge >= 0.3 is 19.8 Å². The van der Waals surface area contributed by atoms with Gasteiger partial charge in [0.1, 0.15) is 19.8 Å². The lowest BCUT2D eigenvalue weighted by Gasteiger charge is -2.24. The summed E-state index contributed by atoms with van der Waals surface area (Å²) in [6, 6.07) is 0. The van der Waals surface area contributed by atoms with Crippen molar-refractivity contribution < 1.29 is 42.1 Å². The minimum atomic E-state index is -4.41. The Hall–Kier alpha value is -3.07. The summed E-state index contributed by atoms with van der Waals surface area (Å²) in [7, 11) is 1.44. The molecule has 2 unspecified atom stereocenters. The topological polar surface area (TPSA) is 108 Å². The fourth-order valence-electron chi connectivity index (χ4n) is 8.56. The molecule has 0 aromatic heterocycles. The second-order valence-electron chi connectivity index (χ2n) is 22.1. The van der Waals surface area contributed by atoms with E-state index in [4.69, 9.17) is 18.5 Å². The molecule has 10 heteroatoms. The van der Waals surface area contributed by atoms with Gasteiger partial charge in [-0.15, -0.1) is 0 Å². The van der Waals surface area contributed by atoms with E-state index in [1.165, 1.54) is 148 Å². The van der Waals surface area contributed by atoms with E-state index in [2.05, 4.69) is 111 Å². The molecule has 0 spiro atoms. The number of carbonyl (C=O) groups is 2. The van der Waals surface area contributed by atoms with Gasteiger partial charge in [-0.3, -0.25) is 18.6 Å². The number of quaternary nitrogens is 1. The van der Waals surface area contributed by atoms with Crippen molar-refractivity contribution in [3.63, 3.8) is 0 Å². The number of carbonyl (C=O) groups excluding carboxylic acids is 2. The molecule has 0 saturated carbocycles. The lowest BCUT2D eigenvalue weighted by Crippen LogP contribution is -2.37. The Morgan fingerprint density at radius 3 is 1.10 bits per heavy atom. The quantitative estimate of drug-likeness (QED) is 0.0211. The van der Waals surface area contributed by atoms with Crippen LogP contribution in [0.1, 0.15) is 264 Å². The average molecular weight is 1100 g/mol. The van der Waals surface area contributed by atoms with Gasteiger partial charge in [0.05, 0.1) is 27.7 Å². The minimum absolute atomic E-state index is 0.0193. The van der Waals surface area contributed by atoms with E-state index in [0.717, 1.165) is 83.5 Å². The molecule has 0 aromatic carbocycles. The average Bonchev–Trinajstić information content (AvgIpc) is 3.39. The largest absolute Gasteiger partial charge is 0.472 e. The Kier molecular flexibility index (Phi) is 55.3. The minimum Gasteiger partial charge on any atom is -0.462 e. The van der Waals surface area contributed by atoms with Gasteiger partial charge in [-0.2, -0.15) is 0 Å². The molecule has 0 radical (unpaired) electrons. The number of ether oxygens (including phenoxy) is 2. The normalized spacial score (nSPS) is 13.9. The van der Waals surface area contributed by atoms with E-state index in [0.29, 0.717) is 17.4 Å². The summed E-state index contributed by atoms with van der Waals surface area (Å²) in [5, 5.41) is 0. The molecule has 0 aliphatic rings. The van der Waals surface area contributed by atoms with Crippen LogP contribution in [0, 0.1) is 0 Å². The van der Waals surface area contributed by atoms with Crippen molar-refractivity contribution in [3.8, 4) is 0 Å². The highest BCUT2D eigenvalue weighted by Gasteiger charge is 2.27. The molecule has 0 aliphatic carbocycles. The molecule has 1 N–H and O–H groups in total. The standard InChI is InChI=1S/C67H118NO8P/c1-6-8-10-12-14-16-18-20-22-24-26-28-30-32-34-36-38-40-42-44-46-48-50-52-54-56-58-60-67(70)76-65(64-75-77(71,72)74-62-61-68(3,4)5)63-73-66(69)59-57-55-53-51-49-47-45-43-41-39-37-35-33-31-29-27-25-23-21-19-17-15-13-11-9-7-2/h8,10,14,16,20,22,26,28,32,34,38,40,44,46,50,52,65H,6-7,9,11-13,15,17-19,21,23-25,27,29-31,33,35-37,39,41-43,45,47-49,51,53-64H2,1-5H3/p+1/b10-8-,16-14-,22-20-,28-26-,34-32-,40-38-,46-44-,52-50-. The van der Waals surface area contributed by atoms with Crippen molar-refractivity contribution in [3.05, 3.63) is 97.2 Å². The van der Waals surface area contributed by atoms with Crippen LogP contribution in [0.2, 0.25) is 0 Å². The first-order valence-corrected chi connectivity index (χ1v) is 33.0. The van der Waals surface area contributed by atoms with Gasteiger partial charge in [-0.1, -0.05) is 272 Å². The van der Waals surface area contributed by atoms with Crippen molar-refractivity contribution in [1.29, 1.82) is 0 Å². The molecule has 0 heterocycles. The van der Waals surface area contributed by atoms with E-state index in [-0.39, 0.29) is 32.0 Å². The van der Waals surface area contributed by atoms with Crippen molar-refractivity contribution in [1.82, 2.24) is 0 Å². The van der Waals surface area contributed by atoms with Crippen LogP contribution in [0.15, 0.2) is 97.2 Å². The maximum atomic E-state index is 12.8. The number of phosphoric acid groups is 1. The number of unbranched alkanes of at least 4 members (excludes halogenated alkanes) is 27. The fraction of sp³-hybridized carbons (Fsp3) is 0.731. The molecule has 0 amide bonds. The number of hydrogen-bond acceptors (Lipinski definition) is 7. The molecule has 0 bridgehead atoms. The van der Waals surface area contributed by atoms with E-state index in [9.17, 15) is 19.0 Å². The Morgan fingerprint density at radius 1 is 0.416 bits per heavy atom. The summed E-state index contributed by atoms with van der Waals surface area (Å²) in [6.45, 7) is 4.29. The molecule has 0 aromatic rings. The maximum Gasteiger partial charge on any atom is 0.472 e. The highest BCUT2D eigenvalue weighted by atomic mass is 31.2. The van der Waals surface area contributed by atoms with Crippen LogP contribution in [-0.2, 0) is 32.7 Å². The second-order valence-corrected chi connectivity index (χ2v) is 23.5. The first-order valence-electron chi connectivity index (χ1n) is 31.5. The lowest BCUT2D eigenvalue weighted by molar-refractivity contribution is -0.870. The molecule has 9 nitrogen and oxygen atoms in total.